The van der Waals surface area contributed by atoms with Crippen molar-refractivity contribution in [2.75, 3.05) is 13.1 Å². The summed E-state index contributed by atoms with van der Waals surface area (Å²) in [6.07, 6.45) is 6.50. The number of nitrogens with zero attached hydrogens (tertiary/aromatic N) is 3. The van der Waals surface area contributed by atoms with Gasteiger partial charge in [0.05, 0.1) is 0 Å². The van der Waals surface area contributed by atoms with Crippen LogP contribution >= 0.6 is 0 Å². The lowest BCUT2D eigenvalue weighted by molar-refractivity contribution is 0.164. The molecule has 1 aromatic carbocycles. The van der Waals surface area contributed by atoms with Crippen LogP contribution < -0.4 is 0 Å². The monoisotopic (exact) mass is 269 g/mol. The number of piperidine rings is 1. The van der Waals surface area contributed by atoms with Crippen molar-refractivity contribution in [3.63, 3.8) is 0 Å². The van der Waals surface area contributed by atoms with Gasteiger partial charge in [0.25, 0.3) is 0 Å². The predicted molar refractivity (Wildman–Crippen MR) is 81.4 cm³/mol. The molecule has 0 amide bonds. The minimum atomic E-state index is 0.781. The van der Waals surface area contributed by atoms with Gasteiger partial charge in [0.2, 0.25) is 0 Å². The molecule has 0 saturated carbocycles. The van der Waals surface area contributed by atoms with Crippen LogP contribution in [0.4, 0.5) is 0 Å². The Morgan fingerprint density at radius 1 is 1.20 bits per heavy atom. The molecule has 1 saturated heterocycles. The van der Waals surface area contributed by atoms with Crippen LogP contribution in [-0.4, -0.2) is 27.8 Å². The first-order chi connectivity index (χ1) is 9.79. The van der Waals surface area contributed by atoms with Gasteiger partial charge in [-0.1, -0.05) is 29.8 Å². The standard InChI is InChI=1S/C17H23N3/c1-15-4-2-5-17(12-15)13-19-10-6-16(7-11-19)14-20-9-3-8-18-20/h2-5,8-9,12,16H,6-7,10-11,13-14H2,1H3. The lowest BCUT2D eigenvalue weighted by atomic mass is 9.96. The van der Waals surface area contributed by atoms with Crippen LogP contribution in [0.5, 0.6) is 0 Å². The maximum atomic E-state index is 4.31. The Balaban J connectivity index is 1.48. The number of benzene rings is 1. The second-order valence-corrected chi connectivity index (χ2v) is 5.94. The van der Waals surface area contributed by atoms with Gasteiger partial charge >= 0.3 is 0 Å². The molecular weight excluding hydrogens is 246 g/mol. The number of likely N-dealkylation sites (tertiary alicyclic amines) is 1. The summed E-state index contributed by atoms with van der Waals surface area (Å²) in [4.78, 5) is 2.58. The average molecular weight is 269 g/mol. The maximum absolute atomic E-state index is 4.31. The summed E-state index contributed by atoms with van der Waals surface area (Å²) in [6.45, 7) is 6.75. The molecular formula is C17H23N3. The molecule has 1 aromatic heterocycles. The molecule has 2 aromatic rings. The van der Waals surface area contributed by atoms with Crippen LogP contribution in [0.15, 0.2) is 42.7 Å². The summed E-state index contributed by atoms with van der Waals surface area (Å²) in [6, 6.07) is 10.9. The molecule has 0 spiro atoms. The Labute approximate surface area is 121 Å². The Morgan fingerprint density at radius 3 is 2.75 bits per heavy atom. The van der Waals surface area contributed by atoms with Crippen LogP contribution in [0.1, 0.15) is 24.0 Å². The van der Waals surface area contributed by atoms with E-state index >= 15 is 0 Å². The zero-order chi connectivity index (χ0) is 13.8. The van der Waals surface area contributed by atoms with E-state index in [-0.39, 0.29) is 0 Å². The molecule has 1 aliphatic rings. The van der Waals surface area contributed by atoms with Crippen LogP contribution in [0.25, 0.3) is 0 Å². The SMILES string of the molecule is Cc1cccc(CN2CCC(Cn3cccn3)CC2)c1. The van der Waals surface area contributed by atoms with Crippen LogP contribution in [0, 0.1) is 12.8 Å². The Bertz CT molecular complexity index is 525. The third-order valence-corrected chi connectivity index (χ3v) is 4.20. The summed E-state index contributed by atoms with van der Waals surface area (Å²) >= 11 is 0. The van der Waals surface area contributed by atoms with E-state index in [1.54, 1.807) is 0 Å². The Morgan fingerprint density at radius 2 is 2.05 bits per heavy atom. The van der Waals surface area contributed by atoms with Gasteiger partial charge in [0, 0.05) is 25.5 Å². The van der Waals surface area contributed by atoms with E-state index in [9.17, 15) is 0 Å². The largest absolute Gasteiger partial charge is 0.299 e. The smallest absolute Gasteiger partial charge is 0.0489 e. The van der Waals surface area contributed by atoms with E-state index in [1.165, 1.54) is 37.1 Å². The van der Waals surface area contributed by atoms with Gasteiger partial charge in [-0.05, 0) is 50.4 Å². The van der Waals surface area contributed by atoms with E-state index in [4.69, 9.17) is 0 Å². The topological polar surface area (TPSA) is 21.1 Å². The second kappa shape index (κ2) is 6.23. The van der Waals surface area contributed by atoms with Gasteiger partial charge in [-0.3, -0.25) is 9.58 Å². The molecule has 0 atom stereocenters. The zero-order valence-corrected chi connectivity index (χ0v) is 12.2. The molecule has 106 valence electrons. The quantitative estimate of drug-likeness (QED) is 0.850. The minimum absolute atomic E-state index is 0.781. The van der Waals surface area contributed by atoms with Crippen LogP contribution in [0.3, 0.4) is 0 Å². The van der Waals surface area contributed by atoms with Gasteiger partial charge in [-0.2, -0.15) is 5.10 Å². The maximum Gasteiger partial charge on any atom is 0.0489 e. The molecule has 2 heterocycles. The number of rotatable bonds is 4. The van der Waals surface area contributed by atoms with E-state index in [0.29, 0.717) is 0 Å². The van der Waals surface area contributed by atoms with Crippen molar-refractivity contribution in [2.45, 2.75) is 32.9 Å². The summed E-state index contributed by atoms with van der Waals surface area (Å²) < 4.78 is 2.07. The molecule has 0 N–H and O–H groups in total. The van der Waals surface area contributed by atoms with Gasteiger partial charge in [-0.15, -0.1) is 0 Å². The third-order valence-electron chi connectivity index (χ3n) is 4.20. The summed E-state index contributed by atoms with van der Waals surface area (Å²) in [7, 11) is 0. The first-order valence-corrected chi connectivity index (χ1v) is 7.55. The van der Waals surface area contributed by atoms with Crippen molar-refractivity contribution in [3.8, 4) is 0 Å². The predicted octanol–water partition coefficient (Wildman–Crippen LogP) is 3.10. The molecule has 0 unspecified atom stereocenters. The molecule has 0 bridgehead atoms. The lowest BCUT2D eigenvalue weighted by Gasteiger charge is -2.32. The van der Waals surface area contributed by atoms with E-state index < -0.39 is 0 Å². The molecule has 1 aliphatic heterocycles. The summed E-state index contributed by atoms with van der Waals surface area (Å²) in [5, 5.41) is 4.31. The van der Waals surface area contributed by atoms with E-state index in [1.807, 2.05) is 12.3 Å². The number of aryl methyl sites for hydroxylation is 1. The fourth-order valence-electron chi connectivity index (χ4n) is 3.07. The fraction of sp³-hybridized carbons (Fsp3) is 0.471. The highest BCUT2D eigenvalue weighted by Gasteiger charge is 2.19. The highest BCUT2D eigenvalue weighted by Crippen LogP contribution is 2.20. The van der Waals surface area contributed by atoms with Gasteiger partial charge in [0.1, 0.15) is 0 Å². The van der Waals surface area contributed by atoms with Gasteiger partial charge in [0.15, 0.2) is 0 Å². The van der Waals surface area contributed by atoms with Crippen molar-refractivity contribution in [1.82, 2.24) is 14.7 Å². The number of hydrogen-bond donors (Lipinski definition) is 0. The molecule has 0 aliphatic carbocycles. The van der Waals surface area contributed by atoms with Crippen LogP contribution in [-0.2, 0) is 13.1 Å². The normalized spacial score (nSPS) is 17.4. The van der Waals surface area contributed by atoms with Crippen molar-refractivity contribution in [3.05, 3.63) is 53.9 Å². The van der Waals surface area contributed by atoms with Gasteiger partial charge in [-0.25, -0.2) is 0 Å². The molecule has 3 nitrogen and oxygen atoms in total. The zero-order valence-electron chi connectivity index (χ0n) is 12.2. The molecule has 0 radical (unpaired) electrons. The van der Waals surface area contributed by atoms with Crippen molar-refractivity contribution in [1.29, 1.82) is 0 Å². The summed E-state index contributed by atoms with van der Waals surface area (Å²) in [5.41, 5.74) is 2.80. The molecule has 1 fully saturated rings. The first-order valence-electron chi connectivity index (χ1n) is 7.55. The lowest BCUT2D eigenvalue weighted by Crippen LogP contribution is -2.34. The second-order valence-electron chi connectivity index (χ2n) is 5.94. The van der Waals surface area contributed by atoms with Crippen LogP contribution in [0.2, 0.25) is 0 Å². The Hall–Kier alpha value is -1.61. The molecule has 20 heavy (non-hydrogen) atoms. The number of aromatic nitrogens is 2. The number of hydrogen-bond acceptors (Lipinski definition) is 2. The average Bonchev–Trinajstić information content (AvgIpc) is 2.94. The van der Waals surface area contributed by atoms with Gasteiger partial charge < -0.3 is 0 Å². The fourth-order valence-corrected chi connectivity index (χ4v) is 3.07. The van der Waals surface area contributed by atoms with E-state index in [0.717, 1.165) is 19.0 Å². The molecule has 3 rings (SSSR count). The first kappa shape index (κ1) is 13.4. The third kappa shape index (κ3) is 3.48. The highest BCUT2D eigenvalue weighted by atomic mass is 15.3. The summed E-state index contributed by atoms with van der Waals surface area (Å²) in [5.74, 6) is 0.781. The molecule has 3 heteroatoms. The minimum Gasteiger partial charge on any atom is -0.299 e. The Kier molecular flexibility index (Phi) is 4.16. The highest BCUT2D eigenvalue weighted by molar-refractivity contribution is 5.22. The van der Waals surface area contributed by atoms with Crippen molar-refractivity contribution in [2.24, 2.45) is 5.92 Å². The van der Waals surface area contributed by atoms with Crippen molar-refractivity contribution >= 4 is 0 Å². The van der Waals surface area contributed by atoms with E-state index in [2.05, 4.69) is 52.1 Å². The van der Waals surface area contributed by atoms with Crippen molar-refractivity contribution < 1.29 is 0 Å².